The Balaban J connectivity index is 1.98. The van der Waals surface area contributed by atoms with Crippen LogP contribution in [0.15, 0.2) is 40.6 Å². The smallest absolute Gasteiger partial charge is 0.268 e. The lowest BCUT2D eigenvalue weighted by atomic mass is 10.1. The average molecular weight is 290 g/mol. The first kappa shape index (κ1) is 12.6. The predicted octanol–water partition coefficient (Wildman–Crippen LogP) is 3.13. The lowest BCUT2D eigenvalue weighted by Crippen LogP contribution is -2.42. The Bertz CT molecular complexity index is 623. The van der Waals surface area contributed by atoms with Gasteiger partial charge in [-0.3, -0.25) is 4.79 Å². The molecule has 98 valence electrons. The molecule has 3 rings (SSSR count). The van der Waals surface area contributed by atoms with Gasteiger partial charge in [-0.25, -0.2) is 0 Å². The Morgan fingerprint density at radius 3 is 2.68 bits per heavy atom. The second-order valence-corrected chi connectivity index (χ2v) is 5.96. The van der Waals surface area contributed by atoms with Gasteiger partial charge in [-0.15, -0.1) is 24.0 Å². The van der Waals surface area contributed by atoms with E-state index < -0.39 is 0 Å². The molecule has 3 nitrogen and oxygen atoms in total. The number of rotatable bonds is 1. The van der Waals surface area contributed by atoms with Gasteiger partial charge in [-0.05, 0) is 18.2 Å². The highest BCUT2D eigenvalue weighted by atomic mass is 32.1. The van der Waals surface area contributed by atoms with Gasteiger partial charge in [0, 0.05) is 30.4 Å². The third-order valence-electron chi connectivity index (χ3n) is 3.28. The average Bonchev–Trinajstić information content (AvgIpc) is 2.86. The van der Waals surface area contributed by atoms with Crippen molar-refractivity contribution in [3.05, 3.63) is 40.6 Å². The number of amides is 1. The van der Waals surface area contributed by atoms with Gasteiger partial charge in [-0.2, -0.15) is 0 Å². The molecule has 0 N–H and O–H groups in total. The van der Waals surface area contributed by atoms with Crippen molar-refractivity contribution in [1.82, 2.24) is 0 Å². The number of carbonyl (C=O) groups is 1. The van der Waals surface area contributed by atoms with Crippen molar-refractivity contribution < 1.29 is 4.79 Å². The van der Waals surface area contributed by atoms with Crippen molar-refractivity contribution in [3.8, 4) is 0 Å². The summed E-state index contributed by atoms with van der Waals surface area (Å²) >= 11 is 5.71. The molecule has 0 aliphatic carbocycles. The van der Waals surface area contributed by atoms with E-state index in [-0.39, 0.29) is 5.91 Å². The molecule has 2 aromatic rings. The first-order chi connectivity index (χ1) is 9.16. The van der Waals surface area contributed by atoms with Crippen LogP contribution in [0.5, 0.6) is 0 Å². The van der Waals surface area contributed by atoms with Crippen LogP contribution in [0, 0.1) is 0 Å². The number of hydrogen-bond acceptors (Lipinski definition) is 4. The molecule has 0 spiro atoms. The van der Waals surface area contributed by atoms with E-state index in [0.29, 0.717) is 6.54 Å². The van der Waals surface area contributed by atoms with E-state index in [1.54, 1.807) is 0 Å². The standard InChI is InChI=1S/C14H14N2OS2/c1-15-6-7-16(12-5-3-2-4-11(12)15)14(17)13-8-10(18)9-19-13/h2-5,8-9,18H,6-7H2,1H3. The molecule has 1 aromatic heterocycles. The van der Waals surface area contributed by atoms with Crippen LogP contribution in [0.4, 0.5) is 11.4 Å². The van der Waals surface area contributed by atoms with Crippen LogP contribution < -0.4 is 9.80 Å². The molecule has 2 heterocycles. The minimum atomic E-state index is 0.0610. The molecule has 0 unspecified atom stereocenters. The fourth-order valence-corrected chi connectivity index (χ4v) is 3.38. The maximum atomic E-state index is 12.6. The number of thiol groups is 1. The fraction of sp³-hybridized carbons (Fsp3) is 0.214. The van der Waals surface area contributed by atoms with E-state index in [1.807, 2.05) is 40.6 Å². The highest BCUT2D eigenvalue weighted by molar-refractivity contribution is 7.80. The zero-order valence-corrected chi connectivity index (χ0v) is 12.2. The summed E-state index contributed by atoms with van der Waals surface area (Å²) in [7, 11) is 2.05. The summed E-state index contributed by atoms with van der Waals surface area (Å²) in [4.78, 5) is 18.2. The number of likely N-dealkylation sites (N-methyl/N-ethyl adjacent to an activating group) is 1. The van der Waals surface area contributed by atoms with Crippen molar-refractivity contribution in [2.75, 3.05) is 29.9 Å². The monoisotopic (exact) mass is 290 g/mol. The zero-order chi connectivity index (χ0) is 13.4. The molecule has 0 fully saturated rings. The summed E-state index contributed by atoms with van der Waals surface area (Å²) in [6.07, 6.45) is 0. The van der Waals surface area contributed by atoms with Gasteiger partial charge >= 0.3 is 0 Å². The number of benzene rings is 1. The molecule has 5 heteroatoms. The second kappa shape index (κ2) is 4.90. The SMILES string of the molecule is CN1CCN(C(=O)c2cc(S)cs2)c2ccccc21. The number of carbonyl (C=O) groups excluding carboxylic acids is 1. The third kappa shape index (κ3) is 2.24. The summed E-state index contributed by atoms with van der Waals surface area (Å²) in [5.41, 5.74) is 2.08. The number of anilines is 2. The van der Waals surface area contributed by atoms with Gasteiger partial charge < -0.3 is 9.80 Å². The molecule has 0 saturated carbocycles. The van der Waals surface area contributed by atoms with Gasteiger partial charge in [0.1, 0.15) is 0 Å². The zero-order valence-electron chi connectivity index (χ0n) is 10.5. The Hall–Kier alpha value is -1.46. The molecule has 0 bridgehead atoms. The van der Waals surface area contributed by atoms with Gasteiger partial charge in [0.05, 0.1) is 16.3 Å². The molecular formula is C14H14N2OS2. The summed E-state index contributed by atoms with van der Waals surface area (Å²) < 4.78 is 0. The summed E-state index contributed by atoms with van der Waals surface area (Å²) in [5, 5.41) is 1.89. The molecular weight excluding hydrogens is 276 g/mol. The Morgan fingerprint density at radius 2 is 2.00 bits per heavy atom. The van der Waals surface area contributed by atoms with Crippen LogP contribution in [-0.4, -0.2) is 26.0 Å². The molecule has 0 atom stereocenters. The number of fused-ring (bicyclic) bond motifs is 1. The quantitative estimate of drug-likeness (QED) is 0.816. The maximum absolute atomic E-state index is 12.6. The Morgan fingerprint density at radius 1 is 1.26 bits per heavy atom. The van der Waals surface area contributed by atoms with Gasteiger partial charge in [0.25, 0.3) is 5.91 Å². The van der Waals surface area contributed by atoms with E-state index in [4.69, 9.17) is 0 Å². The van der Waals surface area contributed by atoms with Crippen LogP contribution in [0.3, 0.4) is 0 Å². The van der Waals surface area contributed by atoms with Crippen molar-refractivity contribution in [2.24, 2.45) is 0 Å². The van der Waals surface area contributed by atoms with Crippen molar-refractivity contribution >= 4 is 41.2 Å². The van der Waals surface area contributed by atoms with Crippen molar-refractivity contribution in [3.63, 3.8) is 0 Å². The van der Waals surface area contributed by atoms with Crippen molar-refractivity contribution in [2.45, 2.75) is 4.90 Å². The van der Waals surface area contributed by atoms with E-state index in [0.717, 1.165) is 27.7 Å². The largest absolute Gasteiger partial charge is 0.371 e. The van der Waals surface area contributed by atoms with E-state index in [2.05, 4.69) is 24.6 Å². The molecule has 0 saturated heterocycles. The molecule has 0 radical (unpaired) electrons. The molecule has 1 aliphatic rings. The molecule has 1 aromatic carbocycles. The van der Waals surface area contributed by atoms with Crippen LogP contribution in [-0.2, 0) is 0 Å². The fourth-order valence-electron chi connectivity index (χ4n) is 2.29. The van der Waals surface area contributed by atoms with E-state index in [1.165, 1.54) is 11.3 Å². The van der Waals surface area contributed by atoms with Crippen LogP contribution in [0.2, 0.25) is 0 Å². The minimum Gasteiger partial charge on any atom is -0.371 e. The van der Waals surface area contributed by atoms with Gasteiger partial charge in [0.15, 0.2) is 0 Å². The summed E-state index contributed by atoms with van der Waals surface area (Å²) in [6, 6.07) is 9.85. The number of para-hydroxylation sites is 2. The first-order valence-electron chi connectivity index (χ1n) is 6.06. The van der Waals surface area contributed by atoms with Gasteiger partial charge in [0.2, 0.25) is 0 Å². The Labute approximate surface area is 121 Å². The highest BCUT2D eigenvalue weighted by Crippen LogP contribution is 2.33. The van der Waals surface area contributed by atoms with Crippen LogP contribution in [0.1, 0.15) is 9.67 Å². The number of hydrogen-bond donors (Lipinski definition) is 1. The Kier molecular flexibility index (Phi) is 3.24. The third-order valence-corrected chi connectivity index (χ3v) is 4.64. The van der Waals surface area contributed by atoms with E-state index in [9.17, 15) is 4.79 Å². The maximum Gasteiger partial charge on any atom is 0.268 e. The minimum absolute atomic E-state index is 0.0610. The summed E-state index contributed by atoms with van der Waals surface area (Å²) in [5.74, 6) is 0.0610. The topological polar surface area (TPSA) is 23.6 Å². The van der Waals surface area contributed by atoms with Crippen molar-refractivity contribution in [1.29, 1.82) is 0 Å². The van der Waals surface area contributed by atoms with Crippen LogP contribution >= 0.6 is 24.0 Å². The molecule has 1 aliphatic heterocycles. The number of thiophene rings is 1. The normalized spacial score (nSPS) is 14.4. The highest BCUT2D eigenvalue weighted by Gasteiger charge is 2.26. The van der Waals surface area contributed by atoms with E-state index >= 15 is 0 Å². The number of nitrogens with zero attached hydrogens (tertiary/aromatic N) is 2. The molecule has 1 amide bonds. The molecule has 19 heavy (non-hydrogen) atoms. The summed E-state index contributed by atoms with van der Waals surface area (Å²) in [6.45, 7) is 1.56. The van der Waals surface area contributed by atoms with Gasteiger partial charge in [-0.1, -0.05) is 12.1 Å². The van der Waals surface area contributed by atoms with Crippen LogP contribution in [0.25, 0.3) is 0 Å². The first-order valence-corrected chi connectivity index (χ1v) is 7.39. The lowest BCUT2D eigenvalue weighted by Gasteiger charge is -2.35. The lowest BCUT2D eigenvalue weighted by molar-refractivity contribution is 0.0990. The predicted molar refractivity (Wildman–Crippen MR) is 83.0 cm³/mol. The second-order valence-electron chi connectivity index (χ2n) is 4.54.